The molecule has 0 fully saturated rings. The number of halogens is 1. The summed E-state index contributed by atoms with van der Waals surface area (Å²) in [5.41, 5.74) is 2.37. The molecule has 0 amide bonds. The molecule has 3 heteroatoms. The SMILES string of the molecule is COC(C)(OC)c1cc(Br)cc(C(C)(C)C)c1. The van der Waals surface area contributed by atoms with Crippen LogP contribution in [0.5, 0.6) is 0 Å². The van der Waals surface area contributed by atoms with Gasteiger partial charge in [0.2, 0.25) is 0 Å². The maximum absolute atomic E-state index is 5.45. The highest BCUT2D eigenvalue weighted by atomic mass is 79.9. The summed E-state index contributed by atoms with van der Waals surface area (Å²) in [4.78, 5) is 0. The van der Waals surface area contributed by atoms with E-state index in [0.29, 0.717) is 0 Å². The molecule has 0 aliphatic carbocycles. The van der Waals surface area contributed by atoms with Gasteiger partial charge in [-0.3, -0.25) is 0 Å². The van der Waals surface area contributed by atoms with Crippen LogP contribution in [0.25, 0.3) is 0 Å². The van der Waals surface area contributed by atoms with E-state index >= 15 is 0 Å². The highest BCUT2D eigenvalue weighted by molar-refractivity contribution is 9.10. The lowest BCUT2D eigenvalue weighted by atomic mass is 9.85. The summed E-state index contributed by atoms with van der Waals surface area (Å²) in [6.45, 7) is 8.49. The van der Waals surface area contributed by atoms with Crippen LogP contribution >= 0.6 is 15.9 Å². The minimum Gasteiger partial charge on any atom is -0.349 e. The van der Waals surface area contributed by atoms with Crippen molar-refractivity contribution in [2.24, 2.45) is 0 Å². The molecule has 2 nitrogen and oxygen atoms in total. The summed E-state index contributed by atoms with van der Waals surface area (Å²) in [6, 6.07) is 6.30. The second kappa shape index (κ2) is 5.09. The molecule has 96 valence electrons. The van der Waals surface area contributed by atoms with Gasteiger partial charge in [0.25, 0.3) is 0 Å². The Balaban J connectivity index is 3.32. The van der Waals surface area contributed by atoms with Gasteiger partial charge in [0.1, 0.15) is 0 Å². The molecule has 1 aromatic carbocycles. The van der Waals surface area contributed by atoms with Crippen LogP contribution in [-0.4, -0.2) is 14.2 Å². The molecule has 0 saturated carbocycles. The lowest BCUT2D eigenvalue weighted by Gasteiger charge is -2.29. The van der Waals surface area contributed by atoms with Gasteiger partial charge >= 0.3 is 0 Å². The first-order chi connectivity index (χ1) is 7.73. The second-order valence-corrected chi connectivity index (χ2v) is 6.25. The largest absolute Gasteiger partial charge is 0.349 e. The number of methoxy groups -OCH3 is 2. The topological polar surface area (TPSA) is 18.5 Å². The van der Waals surface area contributed by atoms with Gasteiger partial charge in [-0.1, -0.05) is 36.7 Å². The fourth-order valence-electron chi connectivity index (χ4n) is 1.60. The smallest absolute Gasteiger partial charge is 0.191 e. The molecular formula is C14H21BrO2. The zero-order valence-corrected chi connectivity index (χ0v) is 13.0. The normalized spacial score (nSPS) is 12.9. The van der Waals surface area contributed by atoms with Crippen molar-refractivity contribution in [3.63, 3.8) is 0 Å². The van der Waals surface area contributed by atoms with Crippen molar-refractivity contribution in [1.82, 2.24) is 0 Å². The maximum Gasteiger partial charge on any atom is 0.191 e. The molecule has 0 bridgehead atoms. The molecule has 0 aliphatic heterocycles. The third-order valence-electron chi connectivity index (χ3n) is 3.07. The van der Waals surface area contributed by atoms with Crippen molar-refractivity contribution < 1.29 is 9.47 Å². The predicted molar refractivity (Wildman–Crippen MR) is 74.2 cm³/mol. The van der Waals surface area contributed by atoms with Crippen molar-refractivity contribution in [2.45, 2.75) is 38.9 Å². The molecule has 0 spiro atoms. The molecule has 0 heterocycles. The summed E-state index contributed by atoms with van der Waals surface area (Å²) < 4.78 is 11.9. The van der Waals surface area contributed by atoms with Crippen LogP contribution in [-0.2, 0) is 20.7 Å². The van der Waals surface area contributed by atoms with E-state index in [1.165, 1.54) is 5.56 Å². The zero-order valence-electron chi connectivity index (χ0n) is 11.4. The predicted octanol–water partition coefficient (Wildman–Crippen LogP) is 4.21. The van der Waals surface area contributed by atoms with Crippen LogP contribution < -0.4 is 0 Å². The maximum atomic E-state index is 5.45. The number of ether oxygens (including phenoxy) is 2. The first-order valence-corrected chi connectivity index (χ1v) is 6.44. The van der Waals surface area contributed by atoms with Crippen molar-refractivity contribution in [2.75, 3.05) is 14.2 Å². The molecule has 0 atom stereocenters. The Labute approximate surface area is 112 Å². The monoisotopic (exact) mass is 300 g/mol. The molecule has 0 aromatic heterocycles. The summed E-state index contributed by atoms with van der Waals surface area (Å²) in [6.07, 6.45) is 0. The van der Waals surface area contributed by atoms with Gasteiger partial charge in [-0.15, -0.1) is 0 Å². The second-order valence-electron chi connectivity index (χ2n) is 5.33. The zero-order chi connectivity index (χ0) is 13.3. The van der Waals surface area contributed by atoms with Gasteiger partial charge in [0.15, 0.2) is 5.79 Å². The molecule has 0 unspecified atom stereocenters. The van der Waals surface area contributed by atoms with Gasteiger partial charge in [-0.25, -0.2) is 0 Å². The van der Waals surface area contributed by atoms with E-state index in [0.717, 1.165) is 10.0 Å². The van der Waals surface area contributed by atoms with Crippen LogP contribution in [0.4, 0.5) is 0 Å². The lowest BCUT2D eigenvalue weighted by Crippen LogP contribution is -2.27. The molecular weight excluding hydrogens is 280 g/mol. The Morgan fingerprint density at radius 1 is 0.882 bits per heavy atom. The Bertz CT molecular complexity index is 390. The van der Waals surface area contributed by atoms with E-state index in [2.05, 4.69) is 48.8 Å². The number of hydrogen-bond donors (Lipinski definition) is 0. The minimum absolute atomic E-state index is 0.0981. The van der Waals surface area contributed by atoms with E-state index in [1.54, 1.807) is 14.2 Å². The Hall–Kier alpha value is -0.380. The van der Waals surface area contributed by atoms with E-state index in [9.17, 15) is 0 Å². The van der Waals surface area contributed by atoms with E-state index in [1.807, 2.05) is 13.0 Å². The third-order valence-corrected chi connectivity index (χ3v) is 3.53. The molecule has 17 heavy (non-hydrogen) atoms. The van der Waals surface area contributed by atoms with Gasteiger partial charge in [0.05, 0.1) is 0 Å². The molecule has 1 rings (SSSR count). The van der Waals surface area contributed by atoms with Crippen molar-refractivity contribution in [1.29, 1.82) is 0 Å². The van der Waals surface area contributed by atoms with Gasteiger partial charge in [0, 0.05) is 24.3 Å². The molecule has 0 aliphatic rings. The molecule has 0 saturated heterocycles. The first kappa shape index (κ1) is 14.7. The first-order valence-electron chi connectivity index (χ1n) is 5.65. The third kappa shape index (κ3) is 3.30. The van der Waals surface area contributed by atoms with Crippen LogP contribution in [0.15, 0.2) is 22.7 Å². The van der Waals surface area contributed by atoms with E-state index < -0.39 is 5.79 Å². The lowest BCUT2D eigenvalue weighted by molar-refractivity contribution is -0.201. The highest BCUT2D eigenvalue weighted by Gasteiger charge is 2.27. The summed E-state index contributed by atoms with van der Waals surface area (Å²) in [7, 11) is 3.31. The fourth-order valence-corrected chi connectivity index (χ4v) is 2.10. The van der Waals surface area contributed by atoms with Gasteiger partial charge < -0.3 is 9.47 Å². The highest BCUT2D eigenvalue weighted by Crippen LogP contribution is 2.33. The quantitative estimate of drug-likeness (QED) is 0.779. The van der Waals surface area contributed by atoms with E-state index in [-0.39, 0.29) is 5.41 Å². The molecule has 1 aromatic rings. The molecule has 0 N–H and O–H groups in total. The fraction of sp³-hybridized carbons (Fsp3) is 0.571. The van der Waals surface area contributed by atoms with Gasteiger partial charge in [-0.05, 0) is 36.1 Å². The van der Waals surface area contributed by atoms with Crippen LogP contribution in [0.1, 0.15) is 38.8 Å². The van der Waals surface area contributed by atoms with Crippen LogP contribution in [0.2, 0.25) is 0 Å². The Morgan fingerprint density at radius 3 is 1.76 bits per heavy atom. The Morgan fingerprint density at radius 2 is 1.35 bits per heavy atom. The Kier molecular flexibility index (Phi) is 4.39. The van der Waals surface area contributed by atoms with Crippen molar-refractivity contribution >= 4 is 15.9 Å². The summed E-state index contributed by atoms with van der Waals surface area (Å²) in [5, 5.41) is 0. The van der Waals surface area contributed by atoms with Crippen LogP contribution in [0.3, 0.4) is 0 Å². The average molecular weight is 301 g/mol. The van der Waals surface area contributed by atoms with Crippen molar-refractivity contribution in [3.8, 4) is 0 Å². The minimum atomic E-state index is -0.705. The van der Waals surface area contributed by atoms with E-state index in [4.69, 9.17) is 9.47 Å². The standard InChI is InChI=1S/C14H21BrO2/c1-13(2,3)10-7-11(9-12(15)8-10)14(4,16-5)17-6/h7-9H,1-6H3. The molecule has 0 radical (unpaired) electrons. The van der Waals surface area contributed by atoms with Crippen LogP contribution in [0, 0.1) is 0 Å². The summed E-state index contributed by atoms with van der Waals surface area (Å²) >= 11 is 3.55. The van der Waals surface area contributed by atoms with Gasteiger partial charge in [-0.2, -0.15) is 0 Å². The number of hydrogen-bond acceptors (Lipinski definition) is 2. The number of benzene rings is 1. The van der Waals surface area contributed by atoms with Crippen molar-refractivity contribution in [3.05, 3.63) is 33.8 Å². The summed E-state index contributed by atoms with van der Waals surface area (Å²) in [5.74, 6) is -0.705. The number of rotatable bonds is 3. The average Bonchev–Trinajstić information content (AvgIpc) is 2.26.